The highest BCUT2D eigenvalue weighted by atomic mass is 79.9. The van der Waals surface area contributed by atoms with Gasteiger partial charge in [0.1, 0.15) is 10.8 Å². The Kier molecular flexibility index (Phi) is 4.72. The Hall–Kier alpha value is -0.780. The fraction of sp³-hybridized carbons (Fsp3) is 0.438. The van der Waals surface area contributed by atoms with Gasteiger partial charge in [-0.25, -0.2) is 9.37 Å². The zero-order valence-electron chi connectivity index (χ0n) is 12.0. The average molecular weight is 369 g/mol. The van der Waals surface area contributed by atoms with Crippen molar-refractivity contribution < 1.29 is 4.39 Å². The molecule has 1 aromatic carbocycles. The van der Waals surface area contributed by atoms with E-state index in [-0.39, 0.29) is 5.82 Å². The van der Waals surface area contributed by atoms with E-state index < -0.39 is 0 Å². The third-order valence-corrected chi connectivity index (χ3v) is 5.58. The van der Waals surface area contributed by atoms with E-state index >= 15 is 0 Å². The molecular weight excluding hydrogens is 351 g/mol. The van der Waals surface area contributed by atoms with Crippen LogP contribution in [0.2, 0.25) is 0 Å². The largest absolute Gasteiger partial charge is 0.309 e. The molecule has 0 bridgehead atoms. The van der Waals surface area contributed by atoms with E-state index in [0.717, 1.165) is 41.0 Å². The van der Waals surface area contributed by atoms with Gasteiger partial charge in [-0.15, -0.1) is 11.3 Å². The summed E-state index contributed by atoms with van der Waals surface area (Å²) >= 11 is 5.08. The second-order valence-electron chi connectivity index (χ2n) is 5.32. The molecular formula is C16H18BrFN2S. The zero-order valence-corrected chi connectivity index (χ0v) is 14.4. The molecule has 0 radical (unpaired) electrons. The lowest BCUT2D eigenvalue weighted by molar-refractivity contribution is 0.454. The first-order valence-corrected chi connectivity index (χ1v) is 8.99. The highest BCUT2D eigenvalue weighted by Crippen LogP contribution is 2.40. The van der Waals surface area contributed by atoms with Crippen molar-refractivity contribution in [3.05, 3.63) is 39.1 Å². The van der Waals surface area contributed by atoms with Crippen LogP contribution < -0.4 is 5.32 Å². The van der Waals surface area contributed by atoms with Gasteiger partial charge in [0, 0.05) is 9.35 Å². The molecule has 0 fully saturated rings. The number of hydrogen-bond acceptors (Lipinski definition) is 3. The van der Waals surface area contributed by atoms with Crippen LogP contribution >= 0.6 is 27.3 Å². The van der Waals surface area contributed by atoms with Crippen LogP contribution in [-0.2, 0) is 6.42 Å². The van der Waals surface area contributed by atoms with Crippen molar-refractivity contribution in [3.8, 4) is 10.6 Å². The predicted octanol–water partition coefficient (Wildman–Crippen LogP) is 5.09. The zero-order chi connectivity index (χ0) is 14.8. The second kappa shape index (κ2) is 6.55. The minimum atomic E-state index is -0.214. The van der Waals surface area contributed by atoms with Gasteiger partial charge in [0.2, 0.25) is 0 Å². The van der Waals surface area contributed by atoms with Crippen LogP contribution in [-0.4, -0.2) is 11.5 Å². The second-order valence-corrected chi connectivity index (χ2v) is 7.26. The Morgan fingerprint density at radius 3 is 3.10 bits per heavy atom. The van der Waals surface area contributed by atoms with Crippen LogP contribution in [0.25, 0.3) is 10.6 Å². The van der Waals surface area contributed by atoms with Crippen molar-refractivity contribution in [2.45, 2.75) is 38.6 Å². The van der Waals surface area contributed by atoms with Crippen LogP contribution in [0.3, 0.4) is 0 Å². The SMILES string of the molecule is CCCNC1CCCc2sc(-c3c(F)cccc3Br)nc21. The lowest BCUT2D eigenvalue weighted by Gasteiger charge is -2.22. The summed E-state index contributed by atoms with van der Waals surface area (Å²) in [5.74, 6) is -0.214. The Bertz CT molecular complexity index is 621. The number of halogens is 2. The topological polar surface area (TPSA) is 24.9 Å². The maximum absolute atomic E-state index is 14.1. The van der Waals surface area contributed by atoms with Crippen molar-refractivity contribution in [1.29, 1.82) is 0 Å². The number of fused-ring (bicyclic) bond motifs is 1. The number of nitrogens with one attached hydrogen (secondary N) is 1. The number of aryl methyl sites for hydroxylation is 1. The normalized spacial score (nSPS) is 17.8. The molecule has 0 saturated heterocycles. The van der Waals surface area contributed by atoms with Gasteiger partial charge >= 0.3 is 0 Å². The van der Waals surface area contributed by atoms with Gasteiger partial charge in [0.25, 0.3) is 0 Å². The van der Waals surface area contributed by atoms with Crippen molar-refractivity contribution in [2.75, 3.05) is 6.54 Å². The van der Waals surface area contributed by atoms with E-state index in [1.165, 1.54) is 17.4 Å². The lowest BCUT2D eigenvalue weighted by atomic mass is 9.97. The first-order chi connectivity index (χ1) is 10.2. The van der Waals surface area contributed by atoms with Crippen LogP contribution in [0.5, 0.6) is 0 Å². The molecule has 1 N–H and O–H groups in total. The maximum atomic E-state index is 14.1. The summed E-state index contributed by atoms with van der Waals surface area (Å²) in [7, 11) is 0. The number of rotatable bonds is 4. The quantitative estimate of drug-likeness (QED) is 0.812. The number of thiazole rings is 1. The Morgan fingerprint density at radius 2 is 2.33 bits per heavy atom. The van der Waals surface area contributed by atoms with Crippen LogP contribution in [0, 0.1) is 5.82 Å². The van der Waals surface area contributed by atoms with Crippen molar-refractivity contribution in [2.24, 2.45) is 0 Å². The van der Waals surface area contributed by atoms with Gasteiger partial charge in [0.05, 0.1) is 17.3 Å². The van der Waals surface area contributed by atoms with Crippen LogP contribution in [0.4, 0.5) is 4.39 Å². The molecule has 0 spiro atoms. The standard InChI is InChI=1S/C16H18BrFN2S/c1-2-9-19-12-7-4-8-13-15(12)20-16(21-13)14-10(17)5-3-6-11(14)18/h3,5-6,12,19H,2,4,7-9H2,1H3. The van der Waals surface area contributed by atoms with E-state index in [1.807, 2.05) is 6.07 Å². The third-order valence-electron chi connectivity index (χ3n) is 3.77. The van der Waals surface area contributed by atoms with E-state index in [1.54, 1.807) is 17.4 Å². The Labute approximate surface area is 136 Å². The van der Waals surface area contributed by atoms with E-state index in [9.17, 15) is 4.39 Å². The molecule has 112 valence electrons. The first-order valence-electron chi connectivity index (χ1n) is 7.38. The highest BCUT2D eigenvalue weighted by molar-refractivity contribution is 9.10. The monoisotopic (exact) mass is 368 g/mol. The molecule has 0 amide bonds. The molecule has 0 aliphatic heterocycles. The maximum Gasteiger partial charge on any atom is 0.134 e. The number of nitrogens with zero attached hydrogens (tertiary/aromatic N) is 1. The van der Waals surface area contributed by atoms with Gasteiger partial charge in [-0.1, -0.05) is 13.0 Å². The summed E-state index contributed by atoms with van der Waals surface area (Å²) in [4.78, 5) is 6.07. The van der Waals surface area contributed by atoms with Gasteiger partial charge in [-0.2, -0.15) is 0 Å². The van der Waals surface area contributed by atoms with Crippen molar-refractivity contribution in [1.82, 2.24) is 10.3 Å². The molecule has 2 nitrogen and oxygen atoms in total. The Balaban J connectivity index is 1.98. The van der Waals surface area contributed by atoms with Gasteiger partial charge < -0.3 is 5.32 Å². The minimum absolute atomic E-state index is 0.214. The summed E-state index contributed by atoms with van der Waals surface area (Å²) < 4.78 is 14.9. The van der Waals surface area contributed by atoms with Gasteiger partial charge in [-0.05, 0) is 60.3 Å². The molecule has 1 unspecified atom stereocenters. The van der Waals surface area contributed by atoms with Gasteiger partial charge in [-0.3, -0.25) is 0 Å². The van der Waals surface area contributed by atoms with Crippen LogP contribution in [0.1, 0.15) is 42.8 Å². The van der Waals surface area contributed by atoms with Crippen LogP contribution in [0.15, 0.2) is 22.7 Å². The molecule has 0 saturated carbocycles. The molecule has 1 aromatic heterocycles. The minimum Gasteiger partial charge on any atom is -0.309 e. The van der Waals surface area contributed by atoms with Gasteiger partial charge in [0.15, 0.2) is 0 Å². The highest BCUT2D eigenvalue weighted by Gasteiger charge is 2.25. The molecule has 2 aromatic rings. The lowest BCUT2D eigenvalue weighted by Crippen LogP contribution is -2.25. The van der Waals surface area contributed by atoms with Crippen molar-refractivity contribution in [3.63, 3.8) is 0 Å². The average Bonchev–Trinajstić information content (AvgIpc) is 2.89. The van der Waals surface area contributed by atoms with E-state index in [4.69, 9.17) is 4.98 Å². The Morgan fingerprint density at radius 1 is 1.48 bits per heavy atom. The molecule has 5 heteroatoms. The predicted molar refractivity (Wildman–Crippen MR) is 89.2 cm³/mol. The smallest absolute Gasteiger partial charge is 0.134 e. The molecule has 3 rings (SSSR count). The summed E-state index contributed by atoms with van der Waals surface area (Å²) in [6, 6.07) is 5.39. The van der Waals surface area contributed by atoms with E-state index in [0.29, 0.717) is 11.6 Å². The third kappa shape index (κ3) is 3.05. The fourth-order valence-corrected chi connectivity index (χ4v) is 4.63. The molecule has 1 heterocycles. The molecule has 1 aliphatic carbocycles. The molecule has 1 atom stereocenters. The van der Waals surface area contributed by atoms with E-state index in [2.05, 4.69) is 28.2 Å². The number of aromatic nitrogens is 1. The summed E-state index contributed by atoms with van der Waals surface area (Å²) in [6.45, 7) is 3.17. The number of benzene rings is 1. The molecule has 21 heavy (non-hydrogen) atoms. The molecule has 1 aliphatic rings. The number of hydrogen-bond donors (Lipinski definition) is 1. The van der Waals surface area contributed by atoms with Crippen molar-refractivity contribution >= 4 is 27.3 Å². The summed E-state index contributed by atoms with van der Waals surface area (Å²) in [5, 5.41) is 4.35. The summed E-state index contributed by atoms with van der Waals surface area (Å²) in [5.41, 5.74) is 1.72. The first kappa shape index (κ1) is 15.1. The summed E-state index contributed by atoms with van der Waals surface area (Å²) in [6.07, 6.45) is 4.47. The fourth-order valence-electron chi connectivity index (χ4n) is 2.74.